The largest absolute Gasteiger partial charge is 0.478 e. The molecule has 0 atom stereocenters. The Morgan fingerprint density at radius 1 is 1.11 bits per heavy atom. The lowest BCUT2D eigenvalue weighted by atomic mass is 9.87. The van der Waals surface area contributed by atoms with Gasteiger partial charge in [0, 0.05) is 57.3 Å². The second-order valence-corrected chi connectivity index (χ2v) is 9.90. The van der Waals surface area contributed by atoms with E-state index < -0.39 is 5.97 Å². The first-order valence-corrected chi connectivity index (χ1v) is 12.4. The standard InChI is InChI=1S/C27H35N5O3/c1-19-13-20(9-12-26(33)34)14-25(29-19)32(27(35)22-7-5-4-6-8-22)18-21-16-31(17-21)23-10-11-24(28-15-23)30(2)3/h9-15,21-22H,4-8,16-18H2,1-3H3,(H,33,34). The van der Waals surface area contributed by atoms with Gasteiger partial charge in [0.25, 0.3) is 0 Å². The van der Waals surface area contributed by atoms with E-state index in [9.17, 15) is 9.59 Å². The van der Waals surface area contributed by atoms with E-state index in [0.29, 0.717) is 18.3 Å². The number of carboxylic acids is 1. The summed E-state index contributed by atoms with van der Waals surface area (Å²) in [4.78, 5) is 40.0. The summed E-state index contributed by atoms with van der Waals surface area (Å²) in [6.07, 6.45) is 9.79. The Morgan fingerprint density at radius 3 is 2.49 bits per heavy atom. The Balaban J connectivity index is 1.51. The van der Waals surface area contributed by atoms with Gasteiger partial charge in [0.2, 0.25) is 5.91 Å². The molecule has 0 aromatic carbocycles. The first-order chi connectivity index (χ1) is 16.8. The fourth-order valence-electron chi connectivity index (χ4n) is 4.93. The number of hydrogen-bond donors (Lipinski definition) is 1. The maximum absolute atomic E-state index is 13.7. The van der Waals surface area contributed by atoms with Crippen LogP contribution in [0.4, 0.5) is 17.3 Å². The van der Waals surface area contributed by atoms with Crippen LogP contribution >= 0.6 is 0 Å². The average Bonchev–Trinajstić information content (AvgIpc) is 2.82. The van der Waals surface area contributed by atoms with Gasteiger partial charge in [-0.1, -0.05) is 19.3 Å². The molecule has 1 N–H and O–H groups in total. The van der Waals surface area contributed by atoms with E-state index in [1.165, 1.54) is 6.42 Å². The van der Waals surface area contributed by atoms with E-state index in [-0.39, 0.29) is 11.8 Å². The van der Waals surface area contributed by atoms with Crippen molar-refractivity contribution in [1.82, 2.24) is 9.97 Å². The summed E-state index contributed by atoms with van der Waals surface area (Å²) in [5, 5.41) is 9.02. The summed E-state index contributed by atoms with van der Waals surface area (Å²) in [6.45, 7) is 4.19. The van der Waals surface area contributed by atoms with Crippen LogP contribution in [-0.2, 0) is 9.59 Å². The Morgan fingerprint density at radius 2 is 1.86 bits per heavy atom. The van der Waals surface area contributed by atoms with Crippen LogP contribution < -0.4 is 14.7 Å². The van der Waals surface area contributed by atoms with Crippen LogP contribution in [0.15, 0.2) is 36.5 Å². The SMILES string of the molecule is Cc1cc(C=CC(=O)O)cc(N(CC2CN(c3ccc(N(C)C)nc3)C2)C(=O)C2CCCCC2)n1. The molecule has 35 heavy (non-hydrogen) atoms. The lowest BCUT2D eigenvalue weighted by Crippen LogP contribution is -2.53. The normalized spacial score (nSPS) is 16.8. The molecule has 1 aliphatic carbocycles. The van der Waals surface area contributed by atoms with Crippen molar-refractivity contribution >= 4 is 35.3 Å². The summed E-state index contributed by atoms with van der Waals surface area (Å²) < 4.78 is 0. The number of pyridine rings is 2. The molecule has 0 bridgehead atoms. The van der Waals surface area contributed by atoms with E-state index >= 15 is 0 Å². The Hall–Kier alpha value is -3.42. The van der Waals surface area contributed by atoms with Crippen molar-refractivity contribution in [3.63, 3.8) is 0 Å². The van der Waals surface area contributed by atoms with Crippen LogP contribution in [-0.4, -0.2) is 60.7 Å². The van der Waals surface area contributed by atoms with Crippen molar-refractivity contribution in [3.8, 4) is 0 Å². The third-order valence-electron chi connectivity index (χ3n) is 6.83. The highest BCUT2D eigenvalue weighted by Crippen LogP contribution is 2.31. The molecular formula is C27H35N5O3. The number of carboxylic acid groups (broad SMARTS) is 1. The van der Waals surface area contributed by atoms with E-state index in [1.54, 1.807) is 6.08 Å². The van der Waals surface area contributed by atoms with E-state index in [0.717, 1.165) is 67.6 Å². The minimum Gasteiger partial charge on any atom is -0.478 e. The summed E-state index contributed by atoms with van der Waals surface area (Å²) in [6, 6.07) is 7.77. The first kappa shape index (κ1) is 24.7. The fraction of sp³-hybridized carbons (Fsp3) is 0.481. The fourth-order valence-corrected chi connectivity index (χ4v) is 4.93. The van der Waals surface area contributed by atoms with Crippen molar-refractivity contribution in [2.24, 2.45) is 11.8 Å². The number of nitrogens with zero attached hydrogens (tertiary/aromatic N) is 5. The van der Waals surface area contributed by atoms with Gasteiger partial charge >= 0.3 is 5.97 Å². The zero-order valence-corrected chi connectivity index (χ0v) is 20.9. The summed E-state index contributed by atoms with van der Waals surface area (Å²) in [5.74, 6) is 1.04. The van der Waals surface area contributed by atoms with Gasteiger partial charge in [-0.2, -0.15) is 0 Å². The van der Waals surface area contributed by atoms with Crippen molar-refractivity contribution in [2.75, 3.05) is 48.4 Å². The zero-order valence-electron chi connectivity index (χ0n) is 20.9. The third-order valence-corrected chi connectivity index (χ3v) is 6.83. The Kier molecular flexibility index (Phi) is 7.68. The van der Waals surface area contributed by atoms with Crippen LogP contribution in [0, 0.1) is 18.8 Å². The van der Waals surface area contributed by atoms with Gasteiger partial charge in [0.05, 0.1) is 11.9 Å². The number of aromatic nitrogens is 2. The van der Waals surface area contributed by atoms with Crippen LogP contribution in [0.2, 0.25) is 0 Å². The molecule has 3 heterocycles. The number of amides is 1. The number of rotatable bonds is 8. The maximum Gasteiger partial charge on any atom is 0.328 e. The molecule has 1 amide bonds. The quantitative estimate of drug-likeness (QED) is 0.575. The van der Waals surface area contributed by atoms with Gasteiger partial charge in [0.15, 0.2) is 0 Å². The molecule has 2 aromatic heterocycles. The highest BCUT2D eigenvalue weighted by atomic mass is 16.4. The molecule has 2 aliphatic rings. The predicted octanol–water partition coefficient (Wildman–Crippen LogP) is 4.00. The minimum absolute atomic E-state index is 0.0306. The molecule has 8 heteroatoms. The number of hydrogen-bond acceptors (Lipinski definition) is 6. The highest BCUT2D eigenvalue weighted by molar-refractivity contribution is 5.95. The second kappa shape index (κ2) is 10.9. The summed E-state index contributed by atoms with van der Waals surface area (Å²) in [7, 11) is 3.95. The minimum atomic E-state index is -1.00. The molecule has 8 nitrogen and oxygen atoms in total. The molecule has 2 aromatic rings. The zero-order chi connectivity index (χ0) is 24.9. The number of anilines is 3. The molecule has 4 rings (SSSR count). The number of aryl methyl sites for hydroxylation is 1. The first-order valence-electron chi connectivity index (χ1n) is 12.4. The van der Waals surface area contributed by atoms with E-state index in [4.69, 9.17) is 5.11 Å². The number of carbonyl (C=O) groups is 2. The third kappa shape index (κ3) is 6.18. The van der Waals surface area contributed by atoms with Crippen molar-refractivity contribution in [1.29, 1.82) is 0 Å². The van der Waals surface area contributed by atoms with Gasteiger partial charge in [-0.25, -0.2) is 14.8 Å². The number of carbonyl (C=O) groups excluding carboxylic acids is 1. The molecule has 1 aliphatic heterocycles. The summed E-state index contributed by atoms with van der Waals surface area (Å²) >= 11 is 0. The van der Waals surface area contributed by atoms with Crippen LogP contribution in [0.5, 0.6) is 0 Å². The van der Waals surface area contributed by atoms with Crippen LogP contribution in [0.25, 0.3) is 6.08 Å². The van der Waals surface area contributed by atoms with Gasteiger partial charge in [-0.3, -0.25) is 9.69 Å². The second-order valence-electron chi connectivity index (χ2n) is 9.90. The highest BCUT2D eigenvalue weighted by Gasteiger charge is 2.34. The van der Waals surface area contributed by atoms with Gasteiger partial charge in [0.1, 0.15) is 11.6 Å². The molecule has 1 saturated heterocycles. The lowest BCUT2D eigenvalue weighted by Gasteiger charge is -2.43. The van der Waals surface area contributed by atoms with E-state index in [1.807, 2.05) is 55.2 Å². The molecular weight excluding hydrogens is 442 g/mol. The molecule has 186 valence electrons. The van der Waals surface area contributed by atoms with Crippen molar-refractivity contribution in [3.05, 3.63) is 47.8 Å². The molecule has 2 fully saturated rings. The van der Waals surface area contributed by atoms with Crippen LogP contribution in [0.1, 0.15) is 43.4 Å². The molecule has 0 radical (unpaired) electrons. The smallest absolute Gasteiger partial charge is 0.328 e. The average molecular weight is 478 g/mol. The Bertz CT molecular complexity index is 1070. The van der Waals surface area contributed by atoms with Crippen LogP contribution in [0.3, 0.4) is 0 Å². The lowest BCUT2D eigenvalue weighted by molar-refractivity contribution is -0.131. The van der Waals surface area contributed by atoms with Gasteiger partial charge in [-0.05, 0) is 55.7 Å². The number of aliphatic carboxylic acids is 1. The van der Waals surface area contributed by atoms with E-state index in [2.05, 4.69) is 20.9 Å². The van der Waals surface area contributed by atoms with Crippen molar-refractivity contribution < 1.29 is 14.7 Å². The predicted molar refractivity (Wildman–Crippen MR) is 139 cm³/mol. The molecule has 1 saturated carbocycles. The Labute approximate surface area is 207 Å². The molecule has 0 unspecified atom stereocenters. The monoisotopic (exact) mass is 477 g/mol. The maximum atomic E-state index is 13.7. The van der Waals surface area contributed by atoms with Gasteiger partial charge < -0.3 is 14.9 Å². The van der Waals surface area contributed by atoms with Crippen molar-refractivity contribution in [2.45, 2.75) is 39.0 Å². The molecule has 0 spiro atoms. The topological polar surface area (TPSA) is 89.9 Å². The van der Waals surface area contributed by atoms with Gasteiger partial charge in [-0.15, -0.1) is 0 Å². The summed E-state index contributed by atoms with van der Waals surface area (Å²) in [5.41, 5.74) is 2.58.